The molecule has 0 fully saturated rings. The second kappa shape index (κ2) is 5.62. The molecule has 0 spiro atoms. The summed E-state index contributed by atoms with van der Waals surface area (Å²) < 4.78 is 40.2. The summed E-state index contributed by atoms with van der Waals surface area (Å²) in [4.78, 5) is 25.6. The molecule has 1 aromatic carbocycles. The van der Waals surface area contributed by atoms with Crippen LogP contribution in [0.2, 0.25) is 5.02 Å². The average Bonchev–Trinajstić information content (AvgIpc) is 2.90. The highest BCUT2D eigenvalue weighted by Crippen LogP contribution is 2.34. The Bertz CT molecular complexity index is 1070. The fourth-order valence-corrected chi connectivity index (χ4v) is 2.59. The van der Waals surface area contributed by atoms with E-state index in [0.717, 1.165) is 11.8 Å². The fraction of sp³-hybridized carbons (Fsp3) is 0.133. The molecule has 0 radical (unpaired) electrons. The van der Waals surface area contributed by atoms with Gasteiger partial charge in [0.1, 0.15) is 11.1 Å². The first kappa shape index (κ1) is 17.0. The summed E-state index contributed by atoms with van der Waals surface area (Å²) in [5.41, 5.74) is -3.45. The summed E-state index contributed by atoms with van der Waals surface area (Å²) in [6, 6.07) is 4.82. The minimum atomic E-state index is -5.04. The summed E-state index contributed by atoms with van der Waals surface area (Å²) in [5, 5.41) is 12.8. The Balaban J connectivity index is 2.33. The lowest BCUT2D eigenvalue weighted by atomic mass is 10.1. The van der Waals surface area contributed by atoms with Crippen LogP contribution in [0.5, 0.6) is 0 Å². The molecule has 0 unspecified atom stereocenters. The van der Waals surface area contributed by atoms with Crippen LogP contribution in [-0.2, 0) is 6.18 Å². The summed E-state index contributed by atoms with van der Waals surface area (Å²) in [5.74, 6) is -1.88. The zero-order chi connectivity index (χ0) is 18.5. The van der Waals surface area contributed by atoms with Gasteiger partial charge in [-0.15, -0.1) is 0 Å². The number of benzene rings is 1. The zero-order valence-corrected chi connectivity index (χ0v) is 13.2. The second-order valence-electron chi connectivity index (χ2n) is 5.28. The third-order valence-electron chi connectivity index (χ3n) is 3.59. The Hall–Kier alpha value is -2.81. The number of H-pyrrole nitrogens is 1. The number of nitrogens with one attached hydrogen (secondary N) is 1. The van der Waals surface area contributed by atoms with Crippen molar-refractivity contribution in [1.82, 2.24) is 14.6 Å². The third-order valence-corrected chi connectivity index (χ3v) is 4.00. The maximum Gasteiger partial charge on any atom is 0.421 e. The Morgan fingerprint density at radius 3 is 2.60 bits per heavy atom. The minimum Gasteiger partial charge on any atom is -0.476 e. The molecule has 0 saturated carbocycles. The normalized spacial score (nSPS) is 11.9. The first-order valence-corrected chi connectivity index (χ1v) is 7.20. The molecular formula is C15H9ClF3N3O3. The van der Waals surface area contributed by atoms with Crippen molar-refractivity contribution in [3.8, 4) is 11.3 Å². The van der Waals surface area contributed by atoms with Crippen LogP contribution in [0.4, 0.5) is 13.2 Å². The molecule has 0 aliphatic heterocycles. The lowest BCUT2D eigenvalue weighted by Crippen LogP contribution is -2.17. The smallest absolute Gasteiger partial charge is 0.421 e. The molecule has 2 N–H and O–H groups in total. The van der Waals surface area contributed by atoms with Crippen molar-refractivity contribution in [2.75, 3.05) is 0 Å². The van der Waals surface area contributed by atoms with Gasteiger partial charge in [-0.25, -0.2) is 9.31 Å². The van der Waals surface area contributed by atoms with Crippen LogP contribution in [-0.4, -0.2) is 25.7 Å². The van der Waals surface area contributed by atoms with Crippen LogP contribution in [0.25, 0.3) is 16.8 Å². The fourth-order valence-electron chi connectivity index (χ4n) is 2.41. The van der Waals surface area contributed by atoms with Crippen LogP contribution >= 0.6 is 11.6 Å². The third kappa shape index (κ3) is 2.86. The molecule has 3 aromatic rings. The van der Waals surface area contributed by atoms with Crippen molar-refractivity contribution in [2.45, 2.75) is 13.1 Å². The highest BCUT2D eigenvalue weighted by molar-refractivity contribution is 6.31. The summed E-state index contributed by atoms with van der Waals surface area (Å²) in [6.45, 7) is 1.76. The van der Waals surface area contributed by atoms with Crippen LogP contribution in [0.15, 0.2) is 29.2 Å². The van der Waals surface area contributed by atoms with Crippen molar-refractivity contribution in [1.29, 1.82) is 0 Å². The topological polar surface area (TPSA) is 87.5 Å². The number of alkyl halides is 3. The maximum atomic E-state index is 13.2. The van der Waals surface area contributed by atoms with E-state index < -0.39 is 34.5 Å². The van der Waals surface area contributed by atoms with Crippen LogP contribution in [0.3, 0.4) is 0 Å². The van der Waals surface area contributed by atoms with E-state index in [1.807, 2.05) is 0 Å². The number of aromatic nitrogens is 3. The van der Waals surface area contributed by atoms with Crippen LogP contribution in [0, 0.1) is 6.92 Å². The predicted octanol–water partition coefficient (Wildman–Crippen LogP) is 3.37. The molecule has 0 saturated heterocycles. The van der Waals surface area contributed by atoms with Crippen LogP contribution < -0.4 is 5.56 Å². The molecule has 0 bridgehead atoms. The molecule has 3 rings (SSSR count). The van der Waals surface area contributed by atoms with Gasteiger partial charge < -0.3 is 10.1 Å². The van der Waals surface area contributed by atoms with E-state index >= 15 is 0 Å². The van der Waals surface area contributed by atoms with Gasteiger partial charge in [0.05, 0.1) is 11.9 Å². The zero-order valence-electron chi connectivity index (χ0n) is 12.5. The molecule has 6 nitrogen and oxygen atoms in total. The number of hydrogen-bond donors (Lipinski definition) is 2. The van der Waals surface area contributed by atoms with Gasteiger partial charge in [-0.05, 0) is 18.6 Å². The van der Waals surface area contributed by atoms with Crippen molar-refractivity contribution in [3.63, 3.8) is 0 Å². The number of aryl methyl sites for hydroxylation is 1. The van der Waals surface area contributed by atoms with Crippen molar-refractivity contribution in [3.05, 3.63) is 56.6 Å². The molecule has 0 aliphatic rings. The number of carboxylic acid groups (broad SMARTS) is 1. The molecule has 0 atom stereocenters. The molecule has 0 amide bonds. The quantitative estimate of drug-likeness (QED) is 0.723. The second-order valence-corrected chi connectivity index (χ2v) is 5.69. The number of carbonyl (C=O) groups is 1. The van der Waals surface area contributed by atoms with Gasteiger partial charge in [0, 0.05) is 10.6 Å². The van der Waals surface area contributed by atoms with Gasteiger partial charge in [0.25, 0.3) is 5.56 Å². The summed E-state index contributed by atoms with van der Waals surface area (Å²) in [7, 11) is 0. The Kier molecular flexibility index (Phi) is 3.83. The first-order valence-electron chi connectivity index (χ1n) is 6.82. The standard InChI is InChI=1S/C15H9ClF3N3O3/c1-6-2-3-7(4-8(6)16)9-5-22-12(13(23)20-9)10(15(17,18)19)11(21-22)14(24)25/h2-5H,1H3,(H,20,23)(H,24,25). The monoisotopic (exact) mass is 371 g/mol. The lowest BCUT2D eigenvalue weighted by Gasteiger charge is -2.07. The van der Waals surface area contributed by atoms with Crippen molar-refractivity contribution >= 4 is 23.1 Å². The highest BCUT2D eigenvalue weighted by Gasteiger charge is 2.41. The van der Waals surface area contributed by atoms with Crippen LogP contribution in [0.1, 0.15) is 21.6 Å². The van der Waals surface area contributed by atoms with E-state index in [1.165, 1.54) is 6.07 Å². The number of carboxylic acids is 1. The SMILES string of the molecule is Cc1ccc(-c2cn3nc(C(=O)O)c(C(F)(F)F)c3c(=O)[nH]2)cc1Cl. The van der Waals surface area contributed by atoms with E-state index in [1.54, 1.807) is 19.1 Å². The highest BCUT2D eigenvalue weighted by atomic mass is 35.5. The van der Waals surface area contributed by atoms with Gasteiger partial charge >= 0.3 is 12.1 Å². The number of fused-ring (bicyclic) bond motifs is 1. The molecular weight excluding hydrogens is 363 g/mol. The van der Waals surface area contributed by atoms with E-state index in [-0.39, 0.29) is 5.69 Å². The van der Waals surface area contributed by atoms with Crippen molar-refractivity contribution in [2.24, 2.45) is 0 Å². The summed E-state index contributed by atoms with van der Waals surface area (Å²) >= 11 is 6.01. The van der Waals surface area contributed by atoms with Gasteiger partial charge in [-0.3, -0.25) is 4.79 Å². The number of hydrogen-bond acceptors (Lipinski definition) is 3. The molecule has 0 aliphatic carbocycles. The molecule has 2 heterocycles. The van der Waals surface area contributed by atoms with Gasteiger partial charge in [0.2, 0.25) is 0 Å². The Labute approximate surface area is 142 Å². The molecule has 130 valence electrons. The summed E-state index contributed by atoms with van der Waals surface area (Å²) in [6.07, 6.45) is -3.93. The lowest BCUT2D eigenvalue weighted by molar-refractivity contribution is -0.136. The minimum absolute atomic E-state index is 0.146. The first-order chi connectivity index (χ1) is 11.6. The Morgan fingerprint density at radius 1 is 1.36 bits per heavy atom. The average molecular weight is 372 g/mol. The molecule has 2 aromatic heterocycles. The van der Waals surface area contributed by atoms with E-state index in [0.29, 0.717) is 15.1 Å². The number of aromatic amines is 1. The van der Waals surface area contributed by atoms with E-state index in [2.05, 4.69) is 10.1 Å². The molecule has 25 heavy (non-hydrogen) atoms. The van der Waals surface area contributed by atoms with E-state index in [4.69, 9.17) is 16.7 Å². The number of rotatable bonds is 2. The van der Waals surface area contributed by atoms with Gasteiger partial charge in [-0.2, -0.15) is 18.3 Å². The number of nitrogens with zero attached hydrogens (tertiary/aromatic N) is 2. The van der Waals surface area contributed by atoms with Gasteiger partial charge in [-0.1, -0.05) is 23.7 Å². The van der Waals surface area contributed by atoms with Crippen molar-refractivity contribution < 1.29 is 23.1 Å². The van der Waals surface area contributed by atoms with Gasteiger partial charge in [0.15, 0.2) is 5.69 Å². The van der Waals surface area contributed by atoms with E-state index in [9.17, 15) is 22.8 Å². The largest absolute Gasteiger partial charge is 0.476 e. The predicted molar refractivity (Wildman–Crippen MR) is 83.0 cm³/mol. The number of aromatic carboxylic acids is 1. The Morgan fingerprint density at radius 2 is 2.04 bits per heavy atom. The number of halogens is 4. The molecule has 10 heteroatoms. The maximum absolute atomic E-state index is 13.2.